The van der Waals surface area contributed by atoms with Gasteiger partial charge in [-0.25, -0.2) is 4.39 Å². The number of anilines is 1. The van der Waals surface area contributed by atoms with Crippen molar-refractivity contribution in [1.82, 2.24) is 14.5 Å². The molecule has 0 N–H and O–H groups in total. The fourth-order valence-corrected chi connectivity index (χ4v) is 3.24. The molecule has 3 rings (SSSR count). The first-order valence-electron chi connectivity index (χ1n) is 7.29. The minimum absolute atomic E-state index is 0.131. The normalized spacial score (nSPS) is 15.9. The molecule has 1 aromatic heterocycles. The highest BCUT2D eigenvalue weighted by atomic mass is 35.5. The summed E-state index contributed by atoms with van der Waals surface area (Å²) in [5.74, 6) is -0.480. The van der Waals surface area contributed by atoms with E-state index in [1.807, 2.05) is 4.90 Å². The maximum absolute atomic E-state index is 14.2. The Balaban J connectivity index is 1.63. The zero-order valence-corrected chi connectivity index (χ0v) is 14.2. The standard InChI is InChI=1S/C15H16ClFN4OS/c1-10(22)11-2-3-14(12(17)8-11)21-6-4-20(5-7-21)9-13-15(16)23-19-18-13/h2-3,8H,4-7,9H2,1H3. The largest absolute Gasteiger partial charge is 0.367 e. The molecule has 1 aliphatic heterocycles. The van der Waals surface area contributed by atoms with E-state index in [9.17, 15) is 9.18 Å². The monoisotopic (exact) mass is 354 g/mol. The van der Waals surface area contributed by atoms with Crippen LogP contribution in [0.25, 0.3) is 0 Å². The summed E-state index contributed by atoms with van der Waals surface area (Å²) in [4.78, 5) is 15.5. The molecule has 0 saturated carbocycles. The van der Waals surface area contributed by atoms with Crippen LogP contribution < -0.4 is 4.90 Å². The fourth-order valence-electron chi connectivity index (χ4n) is 2.63. The molecule has 2 heterocycles. The number of rotatable bonds is 4. The minimum atomic E-state index is -0.349. The van der Waals surface area contributed by atoms with Crippen molar-refractivity contribution in [3.63, 3.8) is 0 Å². The van der Waals surface area contributed by atoms with Crippen LogP contribution in [-0.4, -0.2) is 46.4 Å². The lowest BCUT2D eigenvalue weighted by Gasteiger charge is -2.35. The molecule has 0 atom stereocenters. The van der Waals surface area contributed by atoms with Crippen molar-refractivity contribution in [2.24, 2.45) is 0 Å². The van der Waals surface area contributed by atoms with E-state index in [4.69, 9.17) is 11.6 Å². The van der Waals surface area contributed by atoms with E-state index in [-0.39, 0.29) is 11.6 Å². The van der Waals surface area contributed by atoms with Gasteiger partial charge in [-0.2, -0.15) is 0 Å². The molecule has 0 unspecified atom stereocenters. The first kappa shape index (κ1) is 16.3. The Bertz CT molecular complexity index is 715. The smallest absolute Gasteiger partial charge is 0.159 e. The molecular formula is C15H16ClFN4OS. The van der Waals surface area contributed by atoms with Crippen molar-refractivity contribution in [2.75, 3.05) is 31.1 Å². The van der Waals surface area contributed by atoms with Gasteiger partial charge in [0, 0.05) is 49.8 Å². The van der Waals surface area contributed by atoms with E-state index in [2.05, 4.69) is 14.5 Å². The van der Waals surface area contributed by atoms with E-state index in [1.54, 1.807) is 12.1 Å². The lowest BCUT2D eigenvalue weighted by atomic mass is 10.1. The van der Waals surface area contributed by atoms with Crippen molar-refractivity contribution in [3.05, 3.63) is 39.6 Å². The van der Waals surface area contributed by atoms with Gasteiger partial charge in [0.05, 0.1) is 5.69 Å². The number of nitrogens with zero attached hydrogens (tertiary/aromatic N) is 4. The summed E-state index contributed by atoms with van der Waals surface area (Å²) in [6.45, 7) is 5.11. The maximum Gasteiger partial charge on any atom is 0.159 e. The van der Waals surface area contributed by atoms with E-state index in [0.717, 1.165) is 18.8 Å². The molecule has 1 saturated heterocycles. The summed E-state index contributed by atoms with van der Waals surface area (Å²) in [7, 11) is 0. The number of benzene rings is 1. The van der Waals surface area contributed by atoms with Crippen molar-refractivity contribution in [1.29, 1.82) is 0 Å². The van der Waals surface area contributed by atoms with Crippen LogP contribution in [0.4, 0.5) is 10.1 Å². The second-order valence-electron chi connectivity index (χ2n) is 5.48. The number of hydrogen-bond donors (Lipinski definition) is 0. The molecule has 0 spiro atoms. The first-order chi connectivity index (χ1) is 11.0. The van der Waals surface area contributed by atoms with Crippen LogP contribution in [0.5, 0.6) is 0 Å². The molecule has 1 aromatic carbocycles. The van der Waals surface area contributed by atoms with Crippen LogP contribution in [0.15, 0.2) is 18.2 Å². The second kappa shape index (κ2) is 6.90. The Kier molecular flexibility index (Phi) is 4.89. The maximum atomic E-state index is 14.2. The van der Waals surface area contributed by atoms with Gasteiger partial charge in [0.1, 0.15) is 15.8 Å². The molecular weight excluding hydrogens is 339 g/mol. The molecule has 23 heavy (non-hydrogen) atoms. The molecule has 5 nitrogen and oxygen atoms in total. The third-order valence-electron chi connectivity index (χ3n) is 3.95. The van der Waals surface area contributed by atoms with Crippen LogP contribution >= 0.6 is 23.1 Å². The number of halogens is 2. The number of ketones is 1. The Hall–Kier alpha value is -1.57. The highest BCUT2D eigenvalue weighted by molar-refractivity contribution is 7.10. The topological polar surface area (TPSA) is 49.3 Å². The number of carbonyl (C=O) groups is 1. The van der Waals surface area contributed by atoms with E-state index >= 15 is 0 Å². The van der Waals surface area contributed by atoms with Crippen LogP contribution in [0.3, 0.4) is 0 Å². The molecule has 0 radical (unpaired) electrons. The Morgan fingerprint density at radius 1 is 1.35 bits per heavy atom. The highest BCUT2D eigenvalue weighted by Gasteiger charge is 2.21. The van der Waals surface area contributed by atoms with Gasteiger partial charge in [-0.05, 0) is 25.1 Å². The van der Waals surface area contributed by atoms with Gasteiger partial charge >= 0.3 is 0 Å². The summed E-state index contributed by atoms with van der Waals surface area (Å²) in [5, 5.41) is 4.02. The SMILES string of the molecule is CC(=O)c1ccc(N2CCN(Cc3nnsc3Cl)CC2)c(F)c1. The second-order valence-corrected chi connectivity index (χ2v) is 6.84. The fraction of sp³-hybridized carbons (Fsp3) is 0.400. The van der Waals surface area contributed by atoms with Gasteiger partial charge < -0.3 is 4.90 Å². The molecule has 0 bridgehead atoms. The molecule has 0 amide bonds. The van der Waals surface area contributed by atoms with Crippen LogP contribution in [0.1, 0.15) is 23.0 Å². The van der Waals surface area contributed by atoms with E-state index in [0.29, 0.717) is 35.2 Å². The zero-order chi connectivity index (χ0) is 16.4. The third-order valence-corrected chi connectivity index (χ3v) is 4.93. The Morgan fingerprint density at radius 3 is 2.65 bits per heavy atom. The number of Topliss-reactive ketones (excluding diaryl/α,β-unsaturated/α-hetero) is 1. The molecule has 122 valence electrons. The molecule has 0 aliphatic carbocycles. The highest BCUT2D eigenvalue weighted by Crippen LogP contribution is 2.24. The molecule has 1 aliphatic rings. The number of aromatic nitrogens is 2. The molecule has 1 fully saturated rings. The first-order valence-corrected chi connectivity index (χ1v) is 8.44. The zero-order valence-electron chi connectivity index (χ0n) is 12.6. The van der Waals surface area contributed by atoms with E-state index < -0.39 is 0 Å². The van der Waals surface area contributed by atoms with E-state index in [1.165, 1.54) is 24.5 Å². The van der Waals surface area contributed by atoms with Gasteiger partial charge in [-0.1, -0.05) is 16.1 Å². The summed E-state index contributed by atoms with van der Waals surface area (Å²) < 4.78 is 18.7. The summed E-state index contributed by atoms with van der Waals surface area (Å²) >= 11 is 7.21. The van der Waals surface area contributed by atoms with Gasteiger partial charge in [0.2, 0.25) is 0 Å². The Morgan fingerprint density at radius 2 is 2.09 bits per heavy atom. The average molecular weight is 355 g/mol. The van der Waals surface area contributed by atoms with Crippen LogP contribution in [-0.2, 0) is 6.54 Å². The van der Waals surface area contributed by atoms with Gasteiger partial charge in [-0.15, -0.1) is 5.10 Å². The van der Waals surface area contributed by atoms with Gasteiger partial charge in [-0.3, -0.25) is 9.69 Å². The predicted molar refractivity (Wildman–Crippen MR) is 88.8 cm³/mol. The van der Waals surface area contributed by atoms with Crippen LogP contribution in [0, 0.1) is 5.82 Å². The van der Waals surface area contributed by atoms with Crippen molar-refractivity contribution >= 4 is 34.6 Å². The van der Waals surface area contributed by atoms with Crippen molar-refractivity contribution < 1.29 is 9.18 Å². The number of piperazine rings is 1. The van der Waals surface area contributed by atoms with Gasteiger partial charge in [0.15, 0.2) is 5.78 Å². The van der Waals surface area contributed by atoms with Crippen molar-refractivity contribution in [3.8, 4) is 0 Å². The van der Waals surface area contributed by atoms with Gasteiger partial charge in [0.25, 0.3) is 0 Å². The predicted octanol–water partition coefficient (Wildman–Crippen LogP) is 2.86. The lowest BCUT2D eigenvalue weighted by Crippen LogP contribution is -2.46. The minimum Gasteiger partial charge on any atom is -0.367 e. The quantitative estimate of drug-likeness (QED) is 0.790. The lowest BCUT2D eigenvalue weighted by molar-refractivity contribution is 0.101. The Labute approximate surface area is 142 Å². The number of carbonyl (C=O) groups excluding carboxylic acids is 1. The summed E-state index contributed by atoms with van der Waals surface area (Å²) in [5.41, 5.74) is 1.74. The average Bonchev–Trinajstić information content (AvgIpc) is 2.93. The number of hydrogen-bond acceptors (Lipinski definition) is 6. The summed E-state index contributed by atoms with van der Waals surface area (Å²) in [6.07, 6.45) is 0. The van der Waals surface area contributed by atoms with Crippen LogP contribution in [0.2, 0.25) is 4.34 Å². The molecule has 2 aromatic rings. The summed E-state index contributed by atoms with van der Waals surface area (Å²) in [6, 6.07) is 4.67. The van der Waals surface area contributed by atoms with Crippen molar-refractivity contribution in [2.45, 2.75) is 13.5 Å². The third kappa shape index (κ3) is 3.68. The molecule has 8 heteroatoms.